The molecule has 1 aliphatic carbocycles. The van der Waals surface area contributed by atoms with E-state index >= 15 is 0 Å². The molecule has 0 unspecified atom stereocenters. The van der Waals surface area contributed by atoms with Gasteiger partial charge in [-0.2, -0.15) is 13.2 Å². The molecular formula is C13H11ClF4N2O3. The Hall–Kier alpha value is -2.03. The molecule has 2 rings (SSSR count). The van der Waals surface area contributed by atoms with E-state index in [2.05, 4.69) is 0 Å². The zero-order valence-electron chi connectivity index (χ0n) is 11.5. The van der Waals surface area contributed by atoms with Crippen LogP contribution in [0.15, 0.2) is 18.2 Å². The standard InChI is InChI=1S/C13H11ClF4N2O3/c14-9-3-2-8(6-10(9)15)23-20(19-7-21)11(22)12(4-1-5-12)13(16,17)18/h2-3,6-7H,1,4-5H2,(H,19,21). The monoisotopic (exact) mass is 354 g/mol. The van der Waals surface area contributed by atoms with Gasteiger partial charge in [0.2, 0.25) is 6.41 Å². The molecule has 1 saturated carbocycles. The van der Waals surface area contributed by atoms with Gasteiger partial charge in [-0.15, -0.1) is 0 Å². The maximum Gasteiger partial charge on any atom is 0.403 e. The highest BCUT2D eigenvalue weighted by atomic mass is 35.5. The van der Waals surface area contributed by atoms with Crippen LogP contribution in [0.25, 0.3) is 0 Å². The van der Waals surface area contributed by atoms with E-state index in [0.29, 0.717) is 0 Å². The molecule has 1 aliphatic rings. The van der Waals surface area contributed by atoms with E-state index < -0.39 is 36.2 Å². The zero-order chi connectivity index (χ0) is 17.3. The molecule has 5 nitrogen and oxygen atoms in total. The van der Waals surface area contributed by atoms with Crippen LogP contribution in [0.3, 0.4) is 0 Å². The molecule has 1 N–H and O–H groups in total. The van der Waals surface area contributed by atoms with Gasteiger partial charge in [-0.05, 0) is 25.0 Å². The second-order valence-corrected chi connectivity index (χ2v) is 5.35. The summed E-state index contributed by atoms with van der Waals surface area (Å²) in [6, 6.07) is 3.01. The number of rotatable bonds is 5. The number of carbonyl (C=O) groups is 2. The summed E-state index contributed by atoms with van der Waals surface area (Å²) in [5, 5.41) is -0.174. The van der Waals surface area contributed by atoms with Crippen LogP contribution in [0.1, 0.15) is 19.3 Å². The van der Waals surface area contributed by atoms with Crippen molar-refractivity contribution in [3.63, 3.8) is 0 Å². The van der Waals surface area contributed by atoms with Crippen LogP contribution in [0.4, 0.5) is 17.6 Å². The number of hydrazine groups is 1. The molecule has 2 amide bonds. The minimum absolute atomic E-state index is 0.0209. The highest BCUT2D eigenvalue weighted by molar-refractivity contribution is 6.30. The topological polar surface area (TPSA) is 58.6 Å². The van der Waals surface area contributed by atoms with Gasteiger partial charge in [0.25, 0.3) is 5.91 Å². The van der Waals surface area contributed by atoms with Crippen LogP contribution in [-0.2, 0) is 9.59 Å². The van der Waals surface area contributed by atoms with Crippen molar-refractivity contribution in [2.75, 3.05) is 0 Å². The number of hydrogen-bond acceptors (Lipinski definition) is 3. The van der Waals surface area contributed by atoms with Gasteiger partial charge in [0, 0.05) is 6.07 Å². The molecule has 23 heavy (non-hydrogen) atoms. The first-order chi connectivity index (χ1) is 10.7. The average Bonchev–Trinajstić information content (AvgIpc) is 2.39. The van der Waals surface area contributed by atoms with E-state index in [9.17, 15) is 27.2 Å². The summed E-state index contributed by atoms with van der Waals surface area (Å²) >= 11 is 5.47. The van der Waals surface area contributed by atoms with Crippen molar-refractivity contribution >= 4 is 23.9 Å². The lowest BCUT2D eigenvalue weighted by atomic mass is 9.67. The Morgan fingerprint density at radius 3 is 2.48 bits per heavy atom. The lowest BCUT2D eigenvalue weighted by molar-refractivity contribution is -0.262. The third-order valence-electron chi connectivity index (χ3n) is 3.60. The Balaban J connectivity index is 2.25. The van der Waals surface area contributed by atoms with Crippen LogP contribution in [0.2, 0.25) is 5.02 Å². The van der Waals surface area contributed by atoms with Crippen LogP contribution in [0.5, 0.6) is 5.75 Å². The molecule has 0 aromatic heterocycles. The number of amides is 2. The number of halogens is 5. The molecule has 0 heterocycles. The van der Waals surface area contributed by atoms with E-state index in [4.69, 9.17) is 16.4 Å². The second-order valence-electron chi connectivity index (χ2n) is 4.95. The van der Waals surface area contributed by atoms with Crippen molar-refractivity contribution in [1.29, 1.82) is 0 Å². The number of alkyl halides is 3. The van der Waals surface area contributed by atoms with Gasteiger partial charge in [-0.25, -0.2) is 9.82 Å². The molecule has 0 spiro atoms. The summed E-state index contributed by atoms with van der Waals surface area (Å²) in [5.74, 6) is -2.66. The summed E-state index contributed by atoms with van der Waals surface area (Å²) in [4.78, 5) is 27.6. The van der Waals surface area contributed by atoms with Crippen molar-refractivity contribution in [2.24, 2.45) is 5.41 Å². The fraction of sp³-hybridized carbons (Fsp3) is 0.385. The van der Waals surface area contributed by atoms with Crippen LogP contribution < -0.4 is 10.3 Å². The van der Waals surface area contributed by atoms with Crippen molar-refractivity contribution < 1.29 is 32.0 Å². The smallest absolute Gasteiger partial charge is 0.356 e. The molecule has 1 aromatic carbocycles. The van der Waals surface area contributed by atoms with Crippen molar-refractivity contribution in [3.8, 4) is 5.75 Å². The summed E-state index contributed by atoms with van der Waals surface area (Å²) in [5.41, 5.74) is -0.881. The van der Waals surface area contributed by atoms with E-state index in [1.54, 1.807) is 5.43 Å². The molecule has 0 radical (unpaired) electrons. The first kappa shape index (κ1) is 17.3. The quantitative estimate of drug-likeness (QED) is 0.502. The molecule has 0 bridgehead atoms. The number of nitrogens with zero attached hydrogens (tertiary/aromatic N) is 1. The third-order valence-corrected chi connectivity index (χ3v) is 3.91. The molecule has 1 aromatic rings. The molecule has 126 valence electrons. The van der Waals surface area contributed by atoms with Gasteiger partial charge < -0.3 is 4.84 Å². The highest BCUT2D eigenvalue weighted by Gasteiger charge is 2.65. The van der Waals surface area contributed by atoms with Gasteiger partial charge in [0.15, 0.2) is 5.75 Å². The number of hydrogen-bond donors (Lipinski definition) is 1. The Morgan fingerprint density at radius 1 is 1.39 bits per heavy atom. The first-order valence-electron chi connectivity index (χ1n) is 6.45. The minimum Gasteiger partial charge on any atom is -0.356 e. The van der Waals surface area contributed by atoms with Crippen molar-refractivity contribution in [2.45, 2.75) is 25.4 Å². The largest absolute Gasteiger partial charge is 0.403 e. The molecule has 0 saturated heterocycles. The lowest BCUT2D eigenvalue weighted by Crippen LogP contribution is -2.60. The van der Waals surface area contributed by atoms with Crippen molar-refractivity contribution in [3.05, 3.63) is 29.0 Å². The zero-order valence-corrected chi connectivity index (χ0v) is 12.2. The molecule has 0 aliphatic heterocycles. The van der Waals surface area contributed by atoms with Crippen LogP contribution in [0, 0.1) is 11.2 Å². The maximum absolute atomic E-state index is 13.3. The number of benzene rings is 1. The Morgan fingerprint density at radius 2 is 2.04 bits per heavy atom. The van der Waals surface area contributed by atoms with Gasteiger partial charge in [-0.3, -0.25) is 9.59 Å². The Bertz CT molecular complexity index is 620. The molecular weight excluding hydrogens is 344 g/mol. The number of carbonyl (C=O) groups excluding carboxylic acids is 2. The number of hydroxylamine groups is 1. The van der Waals surface area contributed by atoms with Gasteiger partial charge in [0.1, 0.15) is 11.2 Å². The van der Waals surface area contributed by atoms with E-state index in [-0.39, 0.29) is 28.8 Å². The summed E-state index contributed by atoms with van der Waals surface area (Å²) in [6.07, 6.45) is -5.42. The van der Waals surface area contributed by atoms with E-state index in [1.165, 1.54) is 0 Å². The fourth-order valence-corrected chi connectivity index (χ4v) is 2.27. The van der Waals surface area contributed by atoms with Gasteiger partial charge in [-0.1, -0.05) is 23.2 Å². The summed E-state index contributed by atoms with van der Waals surface area (Å²) in [7, 11) is 0. The molecule has 10 heteroatoms. The predicted molar refractivity (Wildman–Crippen MR) is 70.4 cm³/mol. The van der Waals surface area contributed by atoms with E-state index in [0.717, 1.165) is 18.2 Å². The summed E-state index contributed by atoms with van der Waals surface area (Å²) in [6.45, 7) is 0. The highest BCUT2D eigenvalue weighted by Crippen LogP contribution is 2.54. The average molecular weight is 355 g/mol. The fourth-order valence-electron chi connectivity index (χ4n) is 2.16. The van der Waals surface area contributed by atoms with Gasteiger partial charge in [0.05, 0.1) is 5.02 Å². The predicted octanol–water partition coefficient (Wildman–Crippen LogP) is 3.00. The Kier molecular flexibility index (Phi) is 4.69. The normalized spacial score (nSPS) is 16.2. The van der Waals surface area contributed by atoms with Gasteiger partial charge >= 0.3 is 6.18 Å². The SMILES string of the molecule is O=CNN(Oc1ccc(Cl)c(F)c1)C(=O)C1(C(F)(F)F)CCC1. The maximum atomic E-state index is 13.3. The van der Waals surface area contributed by atoms with E-state index in [1.807, 2.05) is 0 Å². The first-order valence-corrected chi connectivity index (χ1v) is 6.83. The van der Waals surface area contributed by atoms with Crippen LogP contribution in [-0.4, -0.2) is 23.7 Å². The number of nitrogens with one attached hydrogen (secondary N) is 1. The third kappa shape index (κ3) is 3.19. The minimum atomic E-state index is -4.79. The lowest BCUT2D eigenvalue weighted by Gasteiger charge is -2.42. The summed E-state index contributed by atoms with van der Waals surface area (Å²) < 4.78 is 52.8. The second kappa shape index (κ2) is 6.23. The Labute approximate surface area is 133 Å². The molecule has 1 fully saturated rings. The van der Waals surface area contributed by atoms with Crippen molar-refractivity contribution in [1.82, 2.24) is 10.6 Å². The van der Waals surface area contributed by atoms with Crippen LogP contribution >= 0.6 is 11.6 Å². The molecule has 0 atom stereocenters.